The predicted octanol–water partition coefficient (Wildman–Crippen LogP) is 4.56. The van der Waals surface area contributed by atoms with Gasteiger partial charge in [-0.2, -0.15) is 5.26 Å². The Kier molecular flexibility index (Phi) is 5.97. The Morgan fingerprint density at radius 3 is 2.44 bits per heavy atom. The van der Waals surface area contributed by atoms with E-state index in [2.05, 4.69) is 5.32 Å². The lowest BCUT2D eigenvalue weighted by Gasteiger charge is -2.13. The largest absolute Gasteiger partial charge is 0.493 e. The molecule has 0 aromatic heterocycles. The lowest BCUT2D eigenvalue weighted by molar-refractivity contribution is -0.112. The van der Waals surface area contributed by atoms with Crippen molar-refractivity contribution in [2.24, 2.45) is 0 Å². The highest BCUT2D eigenvalue weighted by atomic mass is 16.5. The van der Waals surface area contributed by atoms with E-state index in [4.69, 9.17) is 4.74 Å². The molecule has 0 aliphatic heterocycles. The summed E-state index contributed by atoms with van der Waals surface area (Å²) < 4.78 is 5.55. The van der Waals surface area contributed by atoms with Gasteiger partial charge in [-0.05, 0) is 51.0 Å². The van der Waals surface area contributed by atoms with Gasteiger partial charge in [-0.3, -0.25) is 4.79 Å². The van der Waals surface area contributed by atoms with Crippen molar-refractivity contribution in [3.05, 3.63) is 64.2 Å². The summed E-state index contributed by atoms with van der Waals surface area (Å²) in [4.78, 5) is 12.6. The summed E-state index contributed by atoms with van der Waals surface area (Å²) in [6.07, 6.45) is 1.55. The van der Waals surface area contributed by atoms with E-state index in [1.807, 2.05) is 70.2 Å². The molecule has 0 fully saturated rings. The number of para-hydroxylation sites is 1. The molecule has 25 heavy (non-hydrogen) atoms. The molecule has 2 aromatic carbocycles. The summed E-state index contributed by atoms with van der Waals surface area (Å²) in [5, 5.41) is 12.3. The number of carbonyl (C=O) groups excluding carboxylic acids is 1. The molecule has 0 spiro atoms. The van der Waals surface area contributed by atoms with Crippen molar-refractivity contribution < 1.29 is 9.53 Å². The minimum Gasteiger partial charge on any atom is -0.493 e. The standard InChI is InChI=1S/C21H22N2O2/c1-5-25-19-9-7-6-8-17(19)12-18(13-22)21(24)23-20-15(3)10-14(2)11-16(20)4/h6-12H,5H2,1-4H3,(H,23,24)/b18-12-. The number of nitrogens with zero attached hydrogens (tertiary/aromatic N) is 1. The molecule has 0 aliphatic rings. The molecule has 0 bridgehead atoms. The maximum atomic E-state index is 12.6. The van der Waals surface area contributed by atoms with Gasteiger partial charge in [-0.25, -0.2) is 0 Å². The average Bonchev–Trinajstić information content (AvgIpc) is 2.57. The van der Waals surface area contributed by atoms with Crippen molar-refractivity contribution in [3.63, 3.8) is 0 Å². The topological polar surface area (TPSA) is 62.1 Å². The fourth-order valence-corrected chi connectivity index (χ4v) is 2.75. The summed E-state index contributed by atoms with van der Waals surface area (Å²) in [7, 11) is 0. The van der Waals surface area contributed by atoms with Crippen molar-refractivity contribution in [2.45, 2.75) is 27.7 Å². The van der Waals surface area contributed by atoms with Crippen LogP contribution in [0, 0.1) is 32.1 Å². The van der Waals surface area contributed by atoms with Crippen LogP contribution >= 0.6 is 0 Å². The maximum Gasteiger partial charge on any atom is 0.266 e. The molecule has 4 nitrogen and oxygen atoms in total. The highest BCUT2D eigenvalue weighted by Gasteiger charge is 2.14. The zero-order chi connectivity index (χ0) is 18.4. The number of rotatable bonds is 5. The molecule has 0 atom stereocenters. The summed E-state index contributed by atoms with van der Waals surface area (Å²) in [6.45, 7) is 8.30. The van der Waals surface area contributed by atoms with Crippen LogP contribution in [0.4, 0.5) is 5.69 Å². The van der Waals surface area contributed by atoms with E-state index < -0.39 is 5.91 Å². The first kappa shape index (κ1) is 18.3. The molecule has 0 heterocycles. The second kappa shape index (κ2) is 8.16. The van der Waals surface area contributed by atoms with Crippen LogP contribution in [0.15, 0.2) is 42.0 Å². The number of ether oxygens (including phenoxy) is 1. The molecule has 2 rings (SSSR count). The second-order valence-corrected chi connectivity index (χ2v) is 5.87. The van der Waals surface area contributed by atoms with Gasteiger partial charge in [0.25, 0.3) is 5.91 Å². The van der Waals surface area contributed by atoms with E-state index >= 15 is 0 Å². The van der Waals surface area contributed by atoms with Crippen molar-refractivity contribution >= 4 is 17.7 Å². The molecule has 1 amide bonds. The third-order valence-electron chi connectivity index (χ3n) is 3.80. The fourth-order valence-electron chi connectivity index (χ4n) is 2.75. The van der Waals surface area contributed by atoms with E-state index in [-0.39, 0.29) is 5.57 Å². The van der Waals surface area contributed by atoms with Gasteiger partial charge in [0.2, 0.25) is 0 Å². The van der Waals surface area contributed by atoms with Gasteiger partial charge in [-0.1, -0.05) is 35.9 Å². The van der Waals surface area contributed by atoms with Gasteiger partial charge in [0.1, 0.15) is 17.4 Å². The van der Waals surface area contributed by atoms with Crippen molar-refractivity contribution in [2.75, 3.05) is 11.9 Å². The number of carbonyl (C=O) groups is 1. The Labute approximate surface area is 148 Å². The van der Waals surface area contributed by atoms with Crippen LogP contribution in [0.3, 0.4) is 0 Å². The molecule has 2 aromatic rings. The van der Waals surface area contributed by atoms with Crippen LogP contribution in [0.1, 0.15) is 29.2 Å². The first-order valence-corrected chi connectivity index (χ1v) is 8.19. The summed E-state index contributed by atoms with van der Waals surface area (Å²) in [5.74, 6) is 0.220. The third kappa shape index (κ3) is 4.48. The van der Waals surface area contributed by atoms with Gasteiger partial charge in [-0.15, -0.1) is 0 Å². The Morgan fingerprint density at radius 2 is 1.84 bits per heavy atom. The molecule has 128 valence electrons. The van der Waals surface area contributed by atoms with Crippen molar-refractivity contribution in [1.82, 2.24) is 0 Å². The number of nitrogens with one attached hydrogen (secondary N) is 1. The van der Waals surface area contributed by atoms with Crippen LogP contribution in [-0.4, -0.2) is 12.5 Å². The number of nitriles is 1. The smallest absolute Gasteiger partial charge is 0.266 e. The van der Waals surface area contributed by atoms with Gasteiger partial charge < -0.3 is 10.1 Å². The Morgan fingerprint density at radius 1 is 1.20 bits per heavy atom. The number of amides is 1. The number of aryl methyl sites for hydroxylation is 3. The second-order valence-electron chi connectivity index (χ2n) is 5.87. The average molecular weight is 334 g/mol. The molecule has 4 heteroatoms. The molecular formula is C21H22N2O2. The Hall–Kier alpha value is -3.06. The highest BCUT2D eigenvalue weighted by Crippen LogP contribution is 2.24. The lowest BCUT2D eigenvalue weighted by Crippen LogP contribution is -2.15. The van der Waals surface area contributed by atoms with Crippen LogP contribution in [-0.2, 0) is 4.79 Å². The highest BCUT2D eigenvalue weighted by molar-refractivity contribution is 6.10. The normalized spacial score (nSPS) is 10.9. The Bertz CT molecular complexity index is 837. The van der Waals surface area contributed by atoms with Crippen LogP contribution in [0.25, 0.3) is 6.08 Å². The zero-order valence-electron chi connectivity index (χ0n) is 15.0. The van der Waals surface area contributed by atoms with E-state index in [0.717, 1.165) is 22.4 Å². The minimum atomic E-state index is -0.427. The molecule has 0 aliphatic carbocycles. The van der Waals surface area contributed by atoms with E-state index in [0.29, 0.717) is 17.9 Å². The molecule has 0 saturated heterocycles. The van der Waals surface area contributed by atoms with E-state index in [1.54, 1.807) is 6.08 Å². The monoisotopic (exact) mass is 334 g/mol. The van der Waals surface area contributed by atoms with Gasteiger partial charge >= 0.3 is 0 Å². The summed E-state index contributed by atoms with van der Waals surface area (Å²) in [6, 6.07) is 13.3. The number of anilines is 1. The van der Waals surface area contributed by atoms with Crippen molar-refractivity contribution in [3.8, 4) is 11.8 Å². The Balaban J connectivity index is 2.33. The lowest BCUT2D eigenvalue weighted by atomic mass is 10.0. The number of hydrogen-bond donors (Lipinski definition) is 1. The molecule has 0 saturated carbocycles. The molecule has 0 radical (unpaired) electrons. The zero-order valence-corrected chi connectivity index (χ0v) is 15.0. The number of hydrogen-bond acceptors (Lipinski definition) is 3. The summed E-state index contributed by atoms with van der Waals surface area (Å²) in [5.41, 5.74) is 4.56. The van der Waals surface area contributed by atoms with Gasteiger partial charge in [0, 0.05) is 11.3 Å². The molecule has 1 N–H and O–H groups in total. The summed E-state index contributed by atoms with van der Waals surface area (Å²) >= 11 is 0. The van der Waals surface area contributed by atoms with E-state index in [1.165, 1.54) is 0 Å². The number of benzene rings is 2. The van der Waals surface area contributed by atoms with Gasteiger partial charge in [0.05, 0.1) is 6.61 Å². The molecular weight excluding hydrogens is 312 g/mol. The first-order chi connectivity index (χ1) is 12.0. The molecule has 0 unspecified atom stereocenters. The predicted molar refractivity (Wildman–Crippen MR) is 100 cm³/mol. The third-order valence-corrected chi connectivity index (χ3v) is 3.80. The van der Waals surface area contributed by atoms with Crippen LogP contribution < -0.4 is 10.1 Å². The first-order valence-electron chi connectivity index (χ1n) is 8.19. The van der Waals surface area contributed by atoms with Crippen molar-refractivity contribution in [1.29, 1.82) is 5.26 Å². The van der Waals surface area contributed by atoms with E-state index in [9.17, 15) is 10.1 Å². The fraction of sp³-hybridized carbons (Fsp3) is 0.238. The van der Waals surface area contributed by atoms with Crippen LogP contribution in [0.5, 0.6) is 5.75 Å². The van der Waals surface area contributed by atoms with Crippen LogP contribution in [0.2, 0.25) is 0 Å². The minimum absolute atomic E-state index is 0.0338. The SMILES string of the molecule is CCOc1ccccc1/C=C(/C#N)C(=O)Nc1c(C)cc(C)cc1C. The maximum absolute atomic E-state index is 12.6. The quantitative estimate of drug-likeness (QED) is 0.644. The van der Waals surface area contributed by atoms with Gasteiger partial charge in [0.15, 0.2) is 0 Å².